The lowest BCUT2D eigenvalue weighted by atomic mass is 9.89. The summed E-state index contributed by atoms with van der Waals surface area (Å²) in [5.74, 6) is 0.830. The number of halogens is 5. The second-order valence-electron chi connectivity index (χ2n) is 15.6. The highest BCUT2D eigenvalue weighted by Crippen LogP contribution is 2.25. The Morgan fingerprint density at radius 1 is 0.649 bits per heavy atom. The van der Waals surface area contributed by atoms with Gasteiger partial charge in [-0.05, 0) is 149 Å². The average Bonchev–Trinajstić information content (AvgIpc) is 3.20. The van der Waals surface area contributed by atoms with E-state index in [1.165, 1.54) is 33.4 Å². The number of hydrogen-bond acceptors (Lipinski definition) is 6. The number of Topliss-reactive ketones (excluding diaryl/α,β-unsaturated/α-hetero) is 1. The molecule has 0 aliphatic carbocycles. The molecule has 0 bridgehead atoms. The van der Waals surface area contributed by atoms with Crippen LogP contribution < -0.4 is 0 Å². The molecule has 0 amide bonds. The maximum atomic E-state index is 12.4. The first-order valence-corrected chi connectivity index (χ1v) is 22.6. The van der Waals surface area contributed by atoms with E-state index < -0.39 is 0 Å². The molecule has 0 radical (unpaired) electrons. The molecule has 0 aromatic heterocycles. The van der Waals surface area contributed by atoms with Crippen molar-refractivity contribution in [2.75, 3.05) is 93.6 Å². The van der Waals surface area contributed by atoms with Gasteiger partial charge in [0.15, 0.2) is 5.78 Å². The van der Waals surface area contributed by atoms with Gasteiger partial charge in [0.1, 0.15) is 0 Å². The van der Waals surface area contributed by atoms with Gasteiger partial charge in [-0.3, -0.25) is 9.69 Å². The Kier molecular flexibility index (Phi) is 21.7. The SMILES string of the molecule is CN(C)CCN(C)CCc1ccc(Cl)c(Cl)c1.CN1CCN(CCc2ccc(Cl)c(Cl)c2)CC1.O=C(CC1CCN(Cc2ccccc2)CC1)c1ccc(I)cc1. The molecule has 11 heteroatoms. The van der Waals surface area contributed by atoms with E-state index in [1.807, 2.05) is 54.6 Å². The van der Waals surface area contributed by atoms with Crippen molar-refractivity contribution in [3.05, 3.63) is 137 Å². The summed E-state index contributed by atoms with van der Waals surface area (Å²) in [5, 5.41) is 2.55. The first-order chi connectivity index (χ1) is 27.3. The molecule has 0 unspecified atom stereocenters. The minimum atomic E-state index is 0.294. The van der Waals surface area contributed by atoms with E-state index in [1.54, 1.807) is 0 Å². The normalized spacial score (nSPS) is 15.6. The van der Waals surface area contributed by atoms with E-state index in [2.05, 4.69) is 112 Å². The molecular formula is C46H60Cl4IN5O. The number of ketones is 1. The van der Waals surface area contributed by atoms with Crippen molar-refractivity contribution in [3.63, 3.8) is 0 Å². The van der Waals surface area contributed by atoms with Crippen molar-refractivity contribution >= 4 is 74.8 Å². The Bertz CT molecular complexity index is 1760. The van der Waals surface area contributed by atoms with Gasteiger partial charge >= 0.3 is 0 Å². The molecule has 2 aliphatic heterocycles. The predicted octanol–water partition coefficient (Wildman–Crippen LogP) is 10.6. The molecule has 0 N–H and O–H groups in total. The zero-order valence-corrected chi connectivity index (χ0v) is 39.3. The monoisotopic (exact) mass is 965 g/mol. The fraction of sp³-hybridized carbons (Fsp3) is 0.457. The zero-order chi connectivity index (χ0) is 41.2. The van der Waals surface area contributed by atoms with Gasteiger partial charge in [-0.1, -0.05) is 101 Å². The van der Waals surface area contributed by atoms with Crippen LogP contribution in [0.3, 0.4) is 0 Å². The number of piperidine rings is 1. The molecule has 0 saturated carbocycles. The van der Waals surface area contributed by atoms with Crippen LogP contribution in [0.25, 0.3) is 0 Å². The molecule has 2 saturated heterocycles. The van der Waals surface area contributed by atoms with E-state index in [9.17, 15) is 4.79 Å². The number of piperazine rings is 1. The molecule has 6 nitrogen and oxygen atoms in total. The number of nitrogens with zero attached hydrogens (tertiary/aromatic N) is 5. The Labute approximate surface area is 376 Å². The van der Waals surface area contributed by atoms with E-state index in [0.717, 1.165) is 90.1 Å². The van der Waals surface area contributed by atoms with Gasteiger partial charge in [-0.15, -0.1) is 0 Å². The molecule has 4 aromatic rings. The fourth-order valence-electron chi connectivity index (χ4n) is 6.76. The fourth-order valence-corrected chi connectivity index (χ4v) is 7.76. The Hall–Kier alpha value is -1.76. The van der Waals surface area contributed by atoms with Crippen LogP contribution in [0.4, 0.5) is 0 Å². The number of likely N-dealkylation sites (N-methyl/N-ethyl adjacent to an activating group) is 3. The zero-order valence-electron chi connectivity index (χ0n) is 34.1. The van der Waals surface area contributed by atoms with Gasteiger partial charge in [0, 0.05) is 74.5 Å². The van der Waals surface area contributed by atoms with Crippen LogP contribution in [0.5, 0.6) is 0 Å². The number of rotatable bonds is 14. The van der Waals surface area contributed by atoms with E-state index in [0.29, 0.717) is 38.2 Å². The standard InChI is InChI=1S/C20H22INO.C13H18Cl2N2.C13H20Cl2N2/c21-19-8-6-18(7-9-19)20(23)14-16-10-12-22(13-11-16)15-17-4-2-1-3-5-17;1-16-6-8-17(9-7-16)5-4-11-2-3-12(14)13(15)10-11;1-16(2)8-9-17(3)7-6-11-4-5-12(14)13(15)10-11/h1-9,16H,10-15H2;2-3,10H,4-9H2,1H3;4-5,10H,6-9H2,1-3H3. The third-order valence-corrected chi connectivity index (χ3v) is 12.8. The van der Waals surface area contributed by atoms with Crippen molar-refractivity contribution in [1.29, 1.82) is 0 Å². The molecule has 0 spiro atoms. The van der Waals surface area contributed by atoms with E-state index in [-0.39, 0.29) is 0 Å². The number of benzene rings is 4. The van der Waals surface area contributed by atoms with Crippen LogP contribution in [0.15, 0.2) is 91.0 Å². The third kappa shape index (κ3) is 18.6. The summed E-state index contributed by atoms with van der Waals surface area (Å²) in [5.41, 5.74) is 4.73. The van der Waals surface area contributed by atoms with Crippen molar-refractivity contribution < 1.29 is 4.79 Å². The van der Waals surface area contributed by atoms with Crippen molar-refractivity contribution in [1.82, 2.24) is 24.5 Å². The van der Waals surface area contributed by atoms with Gasteiger partial charge in [0.25, 0.3) is 0 Å². The van der Waals surface area contributed by atoms with Gasteiger partial charge in [0.2, 0.25) is 0 Å². The van der Waals surface area contributed by atoms with Crippen molar-refractivity contribution in [3.8, 4) is 0 Å². The summed E-state index contributed by atoms with van der Waals surface area (Å²) in [7, 11) is 8.50. The maximum absolute atomic E-state index is 12.4. The highest BCUT2D eigenvalue weighted by Gasteiger charge is 2.22. The predicted molar refractivity (Wildman–Crippen MR) is 253 cm³/mol. The average molecular weight is 968 g/mol. The first kappa shape index (κ1) is 47.9. The summed E-state index contributed by atoms with van der Waals surface area (Å²) < 4.78 is 1.17. The summed E-state index contributed by atoms with van der Waals surface area (Å²) in [6.07, 6.45) is 4.99. The molecule has 57 heavy (non-hydrogen) atoms. The number of likely N-dealkylation sites (tertiary alicyclic amines) is 1. The van der Waals surface area contributed by atoms with E-state index in [4.69, 9.17) is 46.4 Å². The van der Waals surface area contributed by atoms with Crippen LogP contribution in [0.1, 0.15) is 46.3 Å². The largest absolute Gasteiger partial charge is 0.308 e. The van der Waals surface area contributed by atoms with E-state index >= 15 is 0 Å². The molecule has 0 atom stereocenters. The lowest BCUT2D eigenvalue weighted by Gasteiger charge is -2.32. The van der Waals surface area contributed by atoms with Gasteiger partial charge in [0.05, 0.1) is 20.1 Å². The second kappa shape index (κ2) is 25.8. The van der Waals surface area contributed by atoms with Gasteiger partial charge in [-0.25, -0.2) is 0 Å². The highest BCUT2D eigenvalue weighted by molar-refractivity contribution is 14.1. The minimum absolute atomic E-state index is 0.294. The Morgan fingerprint density at radius 2 is 1.23 bits per heavy atom. The lowest BCUT2D eigenvalue weighted by molar-refractivity contribution is 0.0925. The second-order valence-corrected chi connectivity index (χ2v) is 18.5. The maximum Gasteiger partial charge on any atom is 0.163 e. The van der Waals surface area contributed by atoms with Crippen LogP contribution in [0, 0.1) is 9.49 Å². The van der Waals surface area contributed by atoms with Crippen molar-refractivity contribution in [2.24, 2.45) is 5.92 Å². The minimum Gasteiger partial charge on any atom is -0.308 e. The molecule has 2 aliphatic rings. The Morgan fingerprint density at radius 3 is 1.79 bits per heavy atom. The topological polar surface area (TPSA) is 33.3 Å². The highest BCUT2D eigenvalue weighted by atomic mass is 127. The summed E-state index contributed by atoms with van der Waals surface area (Å²) >= 11 is 26.0. The number of hydrogen-bond donors (Lipinski definition) is 0. The van der Waals surface area contributed by atoms with Crippen LogP contribution >= 0.6 is 69.0 Å². The van der Waals surface area contributed by atoms with Gasteiger partial charge < -0.3 is 19.6 Å². The molecule has 2 heterocycles. The Balaban J connectivity index is 0.000000193. The van der Waals surface area contributed by atoms with Crippen LogP contribution in [-0.2, 0) is 19.4 Å². The third-order valence-electron chi connectivity index (χ3n) is 10.6. The smallest absolute Gasteiger partial charge is 0.163 e. The molecule has 4 aromatic carbocycles. The molecule has 2 fully saturated rings. The van der Waals surface area contributed by atoms with Crippen LogP contribution in [0.2, 0.25) is 20.1 Å². The molecular weight excluding hydrogens is 907 g/mol. The number of carbonyl (C=O) groups is 1. The molecule has 310 valence electrons. The van der Waals surface area contributed by atoms with Gasteiger partial charge in [-0.2, -0.15) is 0 Å². The van der Waals surface area contributed by atoms with Crippen molar-refractivity contribution in [2.45, 2.75) is 38.6 Å². The quantitative estimate of drug-likeness (QED) is 0.0925. The summed E-state index contributed by atoms with van der Waals surface area (Å²) in [6, 6.07) is 30.3. The van der Waals surface area contributed by atoms with Crippen LogP contribution in [-0.4, -0.2) is 124 Å². The number of carbonyl (C=O) groups excluding carboxylic acids is 1. The summed E-state index contributed by atoms with van der Waals surface area (Å²) in [6.45, 7) is 12.2. The summed E-state index contributed by atoms with van der Waals surface area (Å²) in [4.78, 5) is 24.3. The molecule has 6 rings (SSSR count). The lowest BCUT2D eigenvalue weighted by Crippen LogP contribution is -2.45. The first-order valence-electron chi connectivity index (χ1n) is 20.0.